The van der Waals surface area contributed by atoms with Crippen molar-refractivity contribution in [2.75, 3.05) is 45.1 Å². The van der Waals surface area contributed by atoms with Crippen molar-refractivity contribution in [2.45, 2.75) is 13.0 Å². The molecule has 2 rings (SSSR count). The molecule has 21 heavy (non-hydrogen) atoms. The number of carbonyl (C=O) groups is 1. The molecule has 116 valence electrons. The topological polar surface area (TPSA) is 79.0 Å². The number of nitrogens with two attached hydrogens (primary N) is 1. The van der Waals surface area contributed by atoms with Crippen molar-refractivity contribution in [1.82, 2.24) is 9.80 Å². The summed E-state index contributed by atoms with van der Waals surface area (Å²) in [6.07, 6.45) is -0.795. The largest absolute Gasteiger partial charge is 0.450 e. The number of ether oxygens (including phenoxy) is 1. The van der Waals surface area contributed by atoms with E-state index in [0.717, 1.165) is 18.7 Å². The monoisotopic (exact) mass is 293 g/mol. The number of anilines is 1. The fourth-order valence-electron chi connectivity index (χ4n) is 2.40. The molecule has 0 bridgehead atoms. The zero-order chi connectivity index (χ0) is 15.2. The van der Waals surface area contributed by atoms with E-state index in [1.54, 1.807) is 24.0 Å². The van der Waals surface area contributed by atoms with Crippen LogP contribution in [0, 0.1) is 0 Å². The second kappa shape index (κ2) is 7.28. The lowest BCUT2D eigenvalue weighted by atomic mass is 10.1. The standard InChI is InChI=1S/C15H23N3O3/c1-2-21-15(20)18-9-7-17(8-10-18)11-14(19)12-3-5-13(16)6-4-12/h3-6,14,19H,2,7-11,16H2,1H3. The summed E-state index contributed by atoms with van der Waals surface area (Å²) < 4.78 is 4.99. The quantitative estimate of drug-likeness (QED) is 0.812. The molecule has 1 heterocycles. The van der Waals surface area contributed by atoms with E-state index in [9.17, 15) is 9.90 Å². The summed E-state index contributed by atoms with van der Waals surface area (Å²) in [5.74, 6) is 0. The minimum atomic E-state index is -0.542. The molecule has 1 aliphatic heterocycles. The Kier molecular flexibility index (Phi) is 5.41. The van der Waals surface area contributed by atoms with Crippen molar-refractivity contribution in [3.05, 3.63) is 29.8 Å². The van der Waals surface area contributed by atoms with Gasteiger partial charge in [-0.1, -0.05) is 12.1 Å². The summed E-state index contributed by atoms with van der Waals surface area (Å²) >= 11 is 0. The number of benzene rings is 1. The lowest BCUT2D eigenvalue weighted by Crippen LogP contribution is -2.49. The number of nitrogen functional groups attached to an aromatic ring is 1. The highest BCUT2D eigenvalue weighted by molar-refractivity contribution is 5.67. The van der Waals surface area contributed by atoms with Crippen LogP contribution >= 0.6 is 0 Å². The lowest BCUT2D eigenvalue weighted by molar-refractivity contribution is 0.0578. The Hall–Kier alpha value is -1.79. The van der Waals surface area contributed by atoms with E-state index >= 15 is 0 Å². The lowest BCUT2D eigenvalue weighted by Gasteiger charge is -2.35. The molecule has 0 aliphatic carbocycles. The Morgan fingerprint density at radius 1 is 1.29 bits per heavy atom. The van der Waals surface area contributed by atoms with Crippen LogP contribution in [0.3, 0.4) is 0 Å². The third-order valence-electron chi connectivity index (χ3n) is 3.65. The van der Waals surface area contributed by atoms with Gasteiger partial charge in [0.05, 0.1) is 12.7 Å². The Labute approximate surface area is 125 Å². The summed E-state index contributed by atoms with van der Waals surface area (Å²) in [6.45, 7) is 5.50. The minimum absolute atomic E-state index is 0.253. The van der Waals surface area contributed by atoms with E-state index < -0.39 is 6.10 Å². The van der Waals surface area contributed by atoms with E-state index in [4.69, 9.17) is 10.5 Å². The second-order valence-electron chi connectivity index (χ2n) is 5.17. The highest BCUT2D eigenvalue weighted by Gasteiger charge is 2.23. The van der Waals surface area contributed by atoms with Gasteiger partial charge in [-0.15, -0.1) is 0 Å². The molecule has 1 amide bonds. The first-order valence-electron chi connectivity index (χ1n) is 7.27. The van der Waals surface area contributed by atoms with Crippen LogP contribution in [0.1, 0.15) is 18.6 Å². The first-order valence-corrected chi connectivity index (χ1v) is 7.27. The van der Waals surface area contributed by atoms with Crippen LogP contribution in [-0.2, 0) is 4.74 Å². The highest BCUT2D eigenvalue weighted by atomic mass is 16.6. The van der Waals surface area contributed by atoms with Crippen LogP contribution in [0.25, 0.3) is 0 Å². The van der Waals surface area contributed by atoms with E-state index in [1.165, 1.54) is 0 Å². The van der Waals surface area contributed by atoms with E-state index in [1.807, 2.05) is 12.1 Å². The van der Waals surface area contributed by atoms with Gasteiger partial charge in [-0.05, 0) is 24.6 Å². The van der Waals surface area contributed by atoms with Crippen molar-refractivity contribution >= 4 is 11.8 Å². The molecule has 1 aliphatic rings. The second-order valence-corrected chi connectivity index (χ2v) is 5.17. The summed E-state index contributed by atoms with van der Waals surface area (Å²) in [5, 5.41) is 10.2. The normalized spacial score (nSPS) is 17.5. The predicted molar refractivity (Wildman–Crippen MR) is 80.8 cm³/mol. The van der Waals surface area contributed by atoms with Crippen LogP contribution < -0.4 is 5.73 Å². The van der Waals surface area contributed by atoms with Crippen molar-refractivity contribution in [3.8, 4) is 0 Å². The molecule has 1 saturated heterocycles. The maximum Gasteiger partial charge on any atom is 0.409 e. The Balaban J connectivity index is 1.80. The van der Waals surface area contributed by atoms with Gasteiger partial charge in [-0.3, -0.25) is 4.90 Å². The third kappa shape index (κ3) is 4.34. The average molecular weight is 293 g/mol. The summed E-state index contributed by atoms with van der Waals surface area (Å²) in [4.78, 5) is 15.5. The fourth-order valence-corrected chi connectivity index (χ4v) is 2.40. The predicted octanol–water partition coefficient (Wildman–Crippen LogP) is 1.08. The maximum atomic E-state index is 11.6. The van der Waals surface area contributed by atoms with E-state index in [2.05, 4.69) is 4.90 Å². The minimum Gasteiger partial charge on any atom is -0.450 e. The summed E-state index contributed by atoms with van der Waals surface area (Å²) in [6, 6.07) is 7.26. The first-order chi connectivity index (χ1) is 10.1. The molecule has 1 fully saturated rings. The number of aliphatic hydroxyl groups excluding tert-OH is 1. The number of β-amino-alcohol motifs (C(OH)–C–C–N with tert-alkyl or cyclic N) is 1. The number of hydrogen-bond donors (Lipinski definition) is 2. The molecule has 6 nitrogen and oxygen atoms in total. The van der Waals surface area contributed by atoms with Gasteiger partial charge in [0.15, 0.2) is 0 Å². The molecule has 6 heteroatoms. The average Bonchev–Trinajstić information content (AvgIpc) is 2.49. The zero-order valence-corrected chi connectivity index (χ0v) is 12.4. The van der Waals surface area contributed by atoms with Crippen molar-refractivity contribution in [3.63, 3.8) is 0 Å². The molecule has 0 spiro atoms. The molecule has 3 N–H and O–H groups in total. The smallest absolute Gasteiger partial charge is 0.409 e. The highest BCUT2D eigenvalue weighted by Crippen LogP contribution is 2.17. The SMILES string of the molecule is CCOC(=O)N1CCN(CC(O)c2ccc(N)cc2)CC1. The molecule has 0 saturated carbocycles. The van der Waals surface area contributed by atoms with Gasteiger partial charge in [0.2, 0.25) is 0 Å². The van der Waals surface area contributed by atoms with E-state index in [0.29, 0.717) is 31.9 Å². The van der Waals surface area contributed by atoms with Crippen LogP contribution in [0.15, 0.2) is 24.3 Å². The van der Waals surface area contributed by atoms with Crippen LogP contribution in [0.5, 0.6) is 0 Å². The van der Waals surface area contributed by atoms with Gasteiger partial charge in [0, 0.05) is 38.4 Å². The van der Waals surface area contributed by atoms with Crippen LogP contribution in [-0.4, -0.2) is 60.3 Å². The van der Waals surface area contributed by atoms with Crippen molar-refractivity contribution in [2.24, 2.45) is 0 Å². The van der Waals surface area contributed by atoms with E-state index in [-0.39, 0.29) is 6.09 Å². The maximum absolute atomic E-state index is 11.6. The molecule has 0 aromatic heterocycles. The Morgan fingerprint density at radius 3 is 2.48 bits per heavy atom. The van der Waals surface area contributed by atoms with Gasteiger partial charge < -0.3 is 20.5 Å². The van der Waals surface area contributed by atoms with Crippen LogP contribution in [0.2, 0.25) is 0 Å². The number of rotatable bonds is 4. The number of amides is 1. The summed E-state index contributed by atoms with van der Waals surface area (Å²) in [7, 11) is 0. The number of aliphatic hydroxyl groups is 1. The molecular formula is C15H23N3O3. The molecule has 1 unspecified atom stereocenters. The van der Waals surface area contributed by atoms with Gasteiger partial charge in [0.1, 0.15) is 0 Å². The Bertz CT molecular complexity index is 456. The zero-order valence-electron chi connectivity index (χ0n) is 12.4. The molecule has 1 atom stereocenters. The van der Waals surface area contributed by atoms with Crippen LogP contribution in [0.4, 0.5) is 10.5 Å². The fraction of sp³-hybridized carbons (Fsp3) is 0.533. The van der Waals surface area contributed by atoms with Gasteiger partial charge in [-0.2, -0.15) is 0 Å². The number of carbonyl (C=O) groups excluding carboxylic acids is 1. The number of piperazine rings is 1. The molecule has 1 aromatic carbocycles. The Morgan fingerprint density at radius 2 is 1.90 bits per heavy atom. The summed E-state index contributed by atoms with van der Waals surface area (Å²) in [5.41, 5.74) is 7.19. The van der Waals surface area contributed by atoms with Gasteiger partial charge in [0.25, 0.3) is 0 Å². The van der Waals surface area contributed by atoms with Crippen molar-refractivity contribution < 1.29 is 14.6 Å². The van der Waals surface area contributed by atoms with Gasteiger partial charge in [-0.25, -0.2) is 4.79 Å². The number of hydrogen-bond acceptors (Lipinski definition) is 5. The first kappa shape index (κ1) is 15.6. The molecular weight excluding hydrogens is 270 g/mol. The number of nitrogens with zero attached hydrogens (tertiary/aromatic N) is 2. The van der Waals surface area contributed by atoms with Crippen molar-refractivity contribution in [1.29, 1.82) is 0 Å². The molecule has 0 radical (unpaired) electrons. The van der Waals surface area contributed by atoms with Gasteiger partial charge >= 0.3 is 6.09 Å². The third-order valence-corrected chi connectivity index (χ3v) is 3.65. The molecule has 1 aromatic rings.